The number of hydrogen-bond donors (Lipinski definition) is 1. The van der Waals surface area contributed by atoms with E-state index in [-0.39, 0.29) is 8.03 Å². The Balaban J connectivity index is 0.000000165. The molecule has 1 N–H and O–H groups in total. The molecule has 8 heterocycles. The lowest BCUT2D eigenvalue weighted by Gasteiger charge is -2.05. The molecule has 0 aliphatic heterocycles. The number of carbonyl (C=O) groups excluding carboxylic acids is 1. The van der Waals surface area contributed by atoms with Crippen molar-refractivity contribution in [2.75, 3.05) is 6.61 Å². The number of allylic oxidation sites excluding steroid dienone is 2. The smallest absolute Gasteiger partial charge is 0.159 e. The molecule has 0 radical (unpaired) electrons. The summed E-state index contributed by atoms with van der Waals surface area (Å²) in [5, 5.41) is 27.9. The zero-order valence-electron chi connectivity index (χ0n) is 59.0. The van der Waals surface area contributed by atoms with Gasteiger partial charge >= 0.3 is 0 Å². The second-order valence-corrected chi connectivity index (χ2v) is 25.0. The largest absolute Gasteiger partial charge is 0.392 e. The summed E-state index contributed by atoms with van der Waals surface area (Å²) < 4.78 is 7.89. The number of hydrogen-bond acceptors (Lipinski definition) is 10. The minimum absolute atomic E-state index is 0. The topological polar surface area (TPSA) is 158 Å². The number of benzene rings is 4. The first kappa shape index (κ1) is 70.5. The van der Waals surface area contributed by atoms with E-state index in [1.807, 2.05) is 57.0 Å². The molecular weight excluding hydrogens is 1180 g/mol. The zero-order chi connectivity index (χ0) is 68.4. The van der Waals surface area contributed by atoms with E-state index in [4.69, 9.17) is 45.4 Å². The van der Waals surface area contributed by atoms with Crippen molar-refractivity contribution in [3.63, 3.8) is 0 Å². The number of aryl methyl sites for hydroxylation is 13. The third-order valence-electron chi connectivity index (χ3n) is 17.3. The van der Waals surface area contributed by atoms with Crippen LogP contribution in [0.25, 0.3) is 40.8 Å². The van der Waals surface area contributed by atoms with Crippen LogP contribution in [0, 0.1) is 55.4 Å². The van der Waals surface area contributed by atoms with Crippen molar-refractivity contribution >= 4 is 47.1 Å². The molecular formula is C82H98N12O2. The minimum Gasteiger partial charge on any atom is -0.392 e. The average molecular weight is 1280 g/mol. The fraction of sp³-hybridized carbons (Fsp3) is 0.329. The van der Waals surface area contributed by atoms with E-state index in [0.717, 1.165) is 166 Å². The number of aldehydes is 1. The Labute approximate surface area is 569 Å². The molecule has 0 aliphatic rings. The van der Waals surface area contributed by atoms with E-state index >= 15 is 0 Å². The maximum absolute atomic E-state index is 10.4. The third kappa shape index (κ3) is 17.6. The number of unbranched alkanes of at least 4 members (excludes halogenated alkanes) is 1. The molecule has 8 aromatic heterocycles. The van der Waals surface area contributed by atoms with Crippen LogP contribution in [0.1, 0.15) is 197 Å². The summed E-state index contributed by atoms with van der Waals surface area (Å²) >= 11 is 0. The van der Waals surface area contributed by atoms with Gasteiger partial charge in [0.1, 0.15) is 6.29 Å². The molecule has 0 saturated carbocycles. The Morgan fingerprint density at radius 2 is 0.667 bits per heavy atom. The number of aromatic nitrogens is 12. The molecule has 0 unspecified atom stereocenters. The molecule has 14 nitrogen and oxygen atoms in total. The average Bonchev–Trinajstić information content (AvgIpc) is 1.63. The summed E-state index contributed by atoms with van der Waals surface area (Å²) in [7, 11) is 0. The maximum atomic E-state index is 10.4. The van der Waals surface area contributed by atoms with Crippen LogP contribution < -0.4 is 0 Å². The first-order valence-corrected chi connectivity index (χ1v) is 34.3. The maximum Gasteiger partial charge on any atom is 0.159 e. The minimum atomic E-state index is 0. The van der Waals surface area contributed by atoms with Crippen LogP contribution in [0.3, 0.4) is 0 Å². The molecule has 0 spiro atoms. The summed E-state index contributed by atoms with van der Waals surface area (Å²) in [6.45, 7) is 29.5. The fourth-order valence-corrected chi connectivity index (χ4v) is 12.4. The Bertz CT molecular complexity index is 4530. The molecule has 96 heavy (non-hydrogen) atoms. The predicted molar refractivity (Wildman–Crippen MR) is 396 cm³/mol. The number of rotatable bonds is 21. The predicted octanol–water partition coefficient (Wildman–Crippen LogP) is 17.2. The van der Waals surface area contributed by atoms with Gasteiger partial charge in [0.2, 0.25) is 0 Å². The Hall–Kier alpha value is -9.79. The number of carbonyl (C=O) groups is 1. The molecule has 0 aliphatic carbocycles. The van der Waals surface area contributed by atoms with E-state index < -0.39 is 0 Å². The van der Waals surface area contributed by atoms with Crippen LogP contribution >= 0.6 is 0 Å². The van der Waals surface area contributed by atoms with Gasteiger partial charge in [-0.2, -0.15) is 20.4 Å². The molecule has 12 rings (SSSR count). The first-order chi connectivity index (χ1) is 46.5. The fourth-order valence-electron chi connectivity index (χ4n) is 12.4. The van der Waals surface area contributed by atoms with E-state index in [9.17, 15) is 4.79 Å². The third-order valence-corrected chi connectivity index (χ3v) is 17.3. The number of aliphatic hydroxyl groups excluding tert-OH is 1. The van der Waals surface area contributed by atoms with Crippen molar-refractivity contribution in [1.29, 1.82) is 0 Å². The Morgan fingerprint density at radius 1 is 0.385 bits per heavy atom. The van der Waals surface area contributed by atoms with E-state index in [0.29, 0.717) is 0 Å². The summed E-state index contributed by atoms with van der Waals surface area (Å²) in [5.74, 6) is 0. The van der Waals surface area contributed by atoms with Crippen molar-refractivity contribution in [1.82, 2.24) is 58.4 Å². The molecule has 0 atom stereocenters. The Kier molecular flexibility index (Phi) is 24.6. The molecule has 0 amide bonds. The van der Waals surface area contributed by atoms with Gasteiger partial charge in [0.25, 0.3) is 0 Å². The van der Waals surface area contributed by atoms with E-state index in [2.05, 4.69) is 198 Å². The van der Waals surface area contributed by atoms with Crippen LogP contribution in [0.15, 0.2) is 140 Å². The number of fused-ring (bicyclic) bond motifs is 4. The highest BCUT2D eigenvalue weighted by Gasteiger charge is 2.20. The lowest BCUT2D eigenvalue weighted by atomic mass is 10.0. The highest BCUT2D eigenvalue weighted by molar-refractivity contribution is 5.74. The van der Waals surface area contributed by atoms with Gasteiger partial charge in [0, 0.05) is 94.9 Å². The molecule has 0 fully saturated rings. The highest BCUT2D eigenvalue weighted by Crippen LogP contribution is 2.27. The van der Waals surface area contributed by atoms with Gasteiger partial charge in [-0.15, -0.1) is 0 Å². The van der Waals surface area contributed by atoms with Gasteiger partial charge in [0.15, 0.2) is 22.6 Å². The van der Waals surface area contributed by atoms with Crippen LogP contribution in [0.2, 0.25) is 0 Å². The van der Waals surface area contributed by atoms with Gasteiger partial charge in [-0.05, 0) is 175 Å². The molecule has 4 aromatic carbocycles. The second-order valence-electron chi connectivity index (χ2n) is 25.0. The van der Waals surface area contributed by atoms with Crippen LogP contribution in [0.4, 0.5) is 0 Å². The van der Waals surface area contributed by atoms with Gasteiger partial charge in [0.05, 0.1) is 29.4 Å². The van der Waals surface area contributed by atoms with Gasteiger partial charge in [-0.3, -0.25) is 4.79 Å². The van der Waals surface area contributed by atoms with Gasteiger partial charge in [-0.1, -0.05) is 175 Å². The van der Waals surface area contributed by atoms with Crippen molar-refractivity contribution < 1.29 is 11.3 Å². The summed E-state index contributed by atoms with van der Waals surface area (Å²) in [5.41, 5.74) is 31.9. The van der Waals surface area contributed by atoms with Crippen LogP contribution in [0.5, 0.6) is 0 Å². The monoisotopic (exact) mass is 1280 g/mol. The van der Waals surface area contributed by atoms with Crippen molar-refractivity contribution in [3.05, 3.63) is 275 Å². The second kappa shape index (κ2) is 33.5. The zero-order valence-corrected chi connectivity index (χ0v) is 59.0. The molecule has 498 valence electrons. The lowest BCUT2D eigenvalue weighted by molar-refractivity contribution is -0.104. The number of aliphatic hydroxyl groups is 1. The van der Waals surface area contributed by atoms with E-state index in [1.165, 1.54) is 81.0 Å². The molecule has 0 saturated heterocycles. The normalized spacial score (nSPS) is 11.5. The van der Waals surface area contributed by atoms with Gasteiger partial charge < -0.3 is 5.11 Å². The van der Waals surface area contributed by atoms with E-state index in [1.54, 1.807) is 12.2 Å². The van der Waals surface area contributed by atoms with Gasteiger partial charge in [-0.25, -0.2) is 38.0 Å². The molecule has 12 aromatic rings. The number of nitrogens with zero attached hydrogens (tertiary/aromatic N) is 12. The standard InChI is InChI=1S/C21H27N3.C21H25N3.C20H23N3O.C20H21N3O.H2/c2*1-5-7-8-17-9-11-18(12-10-17)14-19-20(6-2)23-24-16(4)13-15(3)22-21(19)24;2*1-4-19-18(20-21-14(2)12-15(3)23(20)22-19)13-17-9-7-16(8-10-17)6-5-11-24;/h9-13H,5-8,14H2,1-4H3;7-13H,5-6,14H2,1-4H3;5-10,12,24H,4,11,13H2,1-3H3;5-12H,4,13H2,1-3H3;1H/b;8-7+;2*6-5+;. The summed E-state index contributed by atoms with van der Waals surface area (Å²) in [6, 6.07) is 42.8. The van der Waals surface area contributed by atoms with Crippen LogP contribution in [-0.4, -0.2) is 76.4 Å². The molecule has 14 heteroatoms. The first-order valence-electron chi connectivity index (χ1n) is 34.3. The lowest BCUT2D eigenvalue weighted by Crippen LogP contribution is -1.98. The molecule has 0 bridgehead atoms. The van der Waals surface area contributed by atoms with Crippen molar-refractivity contribution in [2.45, 2.75) is 174 Å². The summed E-state index contributed by atoms with van der Waals surface area (Å²) in [6.07, 6.45) is 23.9. The van der Waals surface area contributed by atoms with Crippen molar-refractivity contribution in [2.24, 2.45) is 0 Å². The SMILES string of the molecule is CC/C=C/c1ccc(Cc2c(CC)nn3c(C)cc(C)nc23)cc1.CCCCc1ccc(Cc2c(CC)nn3c(C)cc(C)nc23)cc1.CCc1nn2c(C)cc(C)nc2c1Cc1ccc(/C=C/C=O)cc1.CCc1nn2c(C)cc(C)nc2c1Cc1ccc(/C=C/CO)cc1.[HH]. The quantitative estimate of drug-likeness (QED) is 0.0542. The Morgan fingerprint density at radius 3 is 0.938 bits per heavy atom. The summed E-state index contributed by atoms with van der Waals surface area (Å²) in [4.78, 5) is 29.3. The highest BCUT2D eigenvalue weighted by atomic mass is 16.2. The van der Waals surface area contributed by atoms with Crippen molar-refractivity contribution in [3.8, 4) is 0 Å². The van der Waals surface area contributed by atoms with Crippen LogP contribution in [-0.2, 0) is 62.6 Å².